The molecule has 0 aliphatic carbocycles. The van der Waals surface area contributed by atoms with E-state index in [9.17, 15) is 4.79 Å². The fraction of sp³-hybridized carbons (Fsp3) is 0.261. The maximum absolute atomic E-state index is 11.3. The summed E-state index contributed by atoms with van der Waals surface area (Å²) in [5.41, 5.74) is 16.5. The average molecular weight is 406 g/mol. The highest BCUT2D eigenvalue weighted by Crippen LogP contribution is 2.33. The predicted octanol–water partition coefficient (Wildman–Crippen LogP) is 3.52. The quantitative estimate of drug-likeness (QED) is 0.431. The van der Waals surface area contributed by atoms with Crippen LogP contribution in [0.5, 0.6) is 0 Å². The van der Waals surface area contributed by atoms with Gasteiger partial charge in [-0.1, -0.05) is 36.9 Å². The molecule has 2 amide bonds. The number of primary amides is 1. The molecule has 2 aromatic carbocycles. The number of nitrogens with two attached hydrogens (primary N) is 2. The first-order chi connectivity index (χ1) is 14.5. The lowest BCUT2D eigenvalue weighted by Crippen LogP contribution is -2.34. The third kappa shape index (κ3) is 4.32. The number of rotatable bonds is 6. The lowest BCUT2D eigenvalue weighted by Gasteiger charge is -2.23. The van der Waals surface area contributed by atoms with Gasteiger partial charge in [-0.2, -0.15) is 0 Å². The number of fused-ring (bicyclic) bond motifs is 1. The van der Waals surface area contributed by atoms with E-state index in [1.807, 2.05) is 18.2 Å². The van der Waals surface area contributed by atoms with Gasteiger partial charge in [0.2, 0.25) is 0 Å². The Kier molecular flexibility index (Phi) is 5.74. The molecule has 3 aromatic rings. The summed E-state index contributed by atoms with van der Waals surface area (Å²) in [6.07, 6.45) is 2.11. The second-order valence-corrected chi connectivity index (χ2v) is 7.62. The monoisotopic (exact) mass is 405 g/mol. The average Bonchev–Trinajstić information content (AvgIpc) is 3.09. The van der Waals surface area contributed by atoms with Crippen molar-refractivity contribution in [2.75, 3.05) is 18.5 Å². The molecule has 156 valence electrons. The van der Waals surface area contributed by atoms with Crippen molar-refractivity contribution < 1.29 is 9.53 Å². The first-order valence-corrected chi connectivity index (χ1v) is 10.1. The van der Waals surface area contributed by atoms with Crippen LogP contribution in [0.15, 0.2) is 49.0 Å². The van der Waals surface area contributed by atoms with Crippen LogP contribution in [-0.4, -0.2) is 30.3 Å². The van der Waals surface area contributed by atoms with Crippen LogP contribution in [0.2, 0.25) is 0 Å². The molecule has 0 radical (unpaired) electrons. The summed E-state index contributed by atoms with van der Waals surface area (Å²) in [7, 11) is 0. The molecule has 0 saturated carbocycles. The van der Waals surface area contributed by atoms with Crippen molar-refractivity contribution in [2.24, 2.45) is 11.5 Å². The smallest absolute Gasteiger partial charge is 0.317 e. The fourth-order valence-corrected chi connectivity index (χ4v) is 3.95. The summed E-state index contributed by atoms with van der Waals surface area (Å²) in [6.45, 7) is 6.31. The number of carbonyl (C=O) groups is 1. The minimum Gasteiger partial charge on any atom is -0.399 e. The maximum atomic E-state index is 11.3. The van der Waals surface area contributed by atoms with Crippen molar-refractivity contribution in [3.8, 4) is 11.1 Å². The summed E-state index contributed by atoms with van der Waals surface area (Å²) in [5, 5.41) is 7.09. The summed E-state index contributed by atoms with van der Waals surface area (Å²) in [6, 6.07) is 14.4. The summed E-state index contributed by atoms with van der Waals surface area (Å²) in [4.78, 5) is 14.5. The molecule has 4 rings (SSSR count). The molecule has 1 fully saturated rings. The summed E-state index contributed by atoms with van der Waals surface area (Å²) in [5.74, 6) is 0.455. The van der Waals surface area contributed by atoms with Crippen molar-refractivity contribution in [2.45, 2.75) is 25.4 Å². The number of hydrogen-bond donors (Lipinski definition) is 5. The van der Waals surface area contributed by atoms with Crippen molar-refractivity contribution in [3.05, 3.63) is 60.2 Å². The molecule has 30 heavy (non-hydrogen) atoms. The number of urea groups is 1. The lowest BCUT2D eigenvalue weighted by atomic mass is 10.0. The molecule has 0 bridgehead atoms. The SMILES string of the molecule is C=C(N)c1c(NC(N)=O)[nH]c2cc(-c3cccc(CNC4CCOCC4)c3)ccc12. The van der Waals surface area contributed by atoms with E-state index in [0.29, 0.717) is 23.1 Å². The Morgan fingerprint density at radius 3 is 2.63 bits per heavy atom. The Morgan fingerprint density at radius 2 is 1.90 bits per heavy atom. The van der Waals surface area contributed by atoms with Gasteiger partial charge in [0.25, 0.3) is 0 Å². The zero-order valence-corrected chi connectivity index (χ0v) is 16.8. The minimum atomic E-state index is -0.658. The van der Waals surface area contributed by atoms with Gasteiger partial charge in [-0.05, 0) is 41.7 Å². The second-order valence-electron chi connectivity index (χ2n) is 7.62. The van der Waals surface area contributed by atoms with Crippen molar-refractivity contribution >= 4 is 28.4 Å². The molecule has 1 aliphatic heterocycles. The Balaban J connectivity index is 1.59. The summed E-state index contributed by atoms with van der Waals surface area (Å²) >= 11 is 0. The van der Waals surface area contributed by atoms with Crippen LogP contribution in [0, 0.1) is 0 Å². The van der Waals surface area contributed by atoms with Crippen LogP contribution in [-0.2, 0) is 11.3 Å². The first-order valence-electron chi connectivity index (χ1n) is 10.1. The van der Waals surface area contributed by atoms with Gasteiger partial charge in [0.05, 0.1) is 0 Å². The molecule has 1 aromatic heterocycles. The number of anilines is 1. The van der Waals surface area contributed by atoms with Gasteiger partial charge in [-0.15, -0.1) is 0 Å². The summed E-state index contributed by atoms with van der Waals surface area (Å²) < 4.78 is 5.42. The molecular formula is C23H27N5O2. The molecule has 0 unspecified atom stereocenters. The highest BCUT2D eigenvalue weighted by atomic mass is 16.5. The van der Waals surface area contributed by atoms with Crippen LogP contribution < -0.4 is 22.1 Å². The number of nitrogens with one attached hydrogen (secondary N) is 3. The van der Waals surface area contributed by atoms with Crippen molar-refractivity contribution in [1.29, 1.82) is 0 Å². The number of hydrogen-bond acceptors (Lipinski definition) is 4. The number of aromatic nitrogens is 1. The second kappa shape index (κ2) is 8.61. The van der Waals surface area contributed by atoms with Gasteiger partial charge in [0.1, 0.15) is 5.82 Å². The highest BCUT2D eigenvalue weighted by Gasteiger charge is 2.15. The zero-order valence-electron chi connectivity index (χ0n) is 16.8. The molecule has 0 atom stereocenters. The predicted molar refractivity (Wildman–Crippen MR) is 121 cm³/mol. The van der Waals surface area contributed by atoms with E-state index < -0.39 is 6.03 Å². The number of ether oxygens (including phenoxy) is 1. The third-order valence-electron chi connectivity index (χ3n) is 5.44. The van der Waals surface area contributed by atoms with Gasteiger partial charge in [0.15, 0.2) is 0 Å². The van der Waals surface area contributed by atoms with Gasteiger partial charge in [-0.3, -0.25) is 5.32 Å². The van der Waals surface area contributed by atoms with E-state index in [1.54, 1.807) is 0 Å². The molecular weight excluding hydrogens is 378 g/mol. The largest absolute Gasteiger partial charge is 0.399 e. The van der Waals surface area contributed by atoms with Gasteiger partial charge in [0, 0.05) is 48.0 Å². The van der Waals surface area contributed by atoms with E-state index >= 15 is 0 Å². The molecule has 7 nitrogen and oxygen atoms in total. The van der Waals surface area contributed by atoms with Crippen molar-refractivity contribution in [3.63, 3.8) is 0 Å². The van der Waals surface area contributed by atoms with Crippen molar-refractivity contribution in [1.82, 2.24) is 10.3 Å². The third-order valence-corrected chi connectivity index (χ3v) is 5.44. The van der Waals surface area contributed by atoms with E-state index in [1.165, 1.54) is 5.56 Å². The topological polar surface area (TPSA) is 118 Å². The Bertz CT molecular complexity index is 1080. The van der Waals surface area contributed by atoms with Gasteiger partial charge >= 0.3 is 6.03 Å². The number of carbonyl (C=O) groups excluding carboxylic acids is 1. The van der Waals surface area contributed by atoms with Gasteiger partial charge < -0.3 is 26.5 Å². The number of benzene rings is 2. The first kappa shape index (κ1) is 20.0. The minimum absolute atomic E-state index is 0.360. The van der Waals surface area contributed by atoms with E-state index in [4.69, 9.17) is 16.2 Å². The van der Waals surface area contributed by atoms with Crippen LogP contribution in [0.4, 0.5) is 10.6 Å². The molecule has 1 saturated heterocycles. The number of H-pyrrole nitrogens is 1. The van der Waals surface area contributed by atoms with Crippen LogP contribution in [0.3, 0.4) is 0 Å². The fourth-order valence-electron chi connectivity index (χ4n) is 3.95. The standard InChI is InChI=1S/C23H27N5O2/c1-14(24)21-19-6-5-17(12-20(19)27-22(21)28-23(25)29)16-4-2-3-15(11-16)13-26-18-7-9-30-10-8-18/h2-6,11-12,18,26-27H,1,7-10,13,24H2,(H3,25,28,29). The van der Waals surface area contributed by atoms with Crippen LogP contribution >= 0.6 is 0 Å². The van der Waals surface area contributed by atoms with E-state index in [0.717, 1.165) is 54.6 Å². The number of aromatic amines is 1. The maximum Gasteiger partial charge on any atom is 0.317 e. The lowest BCUT2D eigenvalue weighted by molar-refractivity contribution is 0.0776. The molecule has 7 heteroatoms. The number of amides is 2. The van der Waals surface area contributed by atoms with Crippen LogP contribution in [0.1, 0.15) is 24.0 Å². The Labute approximate surface area is 175 Å². The van der Waals surface area contributed by atoms with Crippen LogP contribution in [0.25, 0.3) is 27.7 Å². The molecule has 0 spiro atoms. The molecule has 2 heterocycles. The van der Waals surface area contributed by atoms with E-state index in [2.05, 4.69) is 46.5 Å². The molecule has 7 N–H and O–H groups in total. The molecule has 1 aliphatic rings. The van der Waals surface area contributed by atoms with E-state index in [-0.39, 0.29) is 0 Å². The Morgan fingerprint density at radius 1 is 1.13 bits per heavy atom. The zero-order chi connectivity index (χ0) is 21.1. The van der Waals surface area contributed by atoms with Gasteiger partial charge in [-0.25, -0.2) is 4.79 Å². The highest BCUT2D eigenvalue weighted by molar-refractivity contribution is 6.02. The normalized spacial score (nSPS) is 14.7. The Hall–Kier alpha value is -3.29.